The predicted octanol–water partition coefficient (Wildman–Crippen LogP) is 4.28. The minimum Gasteiger partial charge on any atom is -0.383 e. The highest BCUT2D eigenvalue weighted by atomic mass is 79.9. The van der Waals surface area contributed by atoms with E-state index in [-0.39, 0.29) is 0 Å². The Bertz CT molecular complexity index is 774. The van der Waals surface area contributed by atoms with Gasteiger partial charge >= 0.3 is 0 Å². The van der Waals surface area contributed by atoms with Crippen molar-refractivity contribution in [3.63, 3.8) is 0 Å². The van der Waals surface area contributed by atoms with Gasteiger partial charge in [-0.2, -0.15) is 0 Å². The lowest BCUT2D eigenvalue weighted by Crippen LogP contribution is -2.31. The first-order chi connectivity index (χ1) is 10.00. The van der Waals surface area contributed by atoms with Crippen LogP contribution in [0.3, 0.4) is 0 Å². The Kier molecular flexibility index (Phi) is 4.31. The molecular weight excluding hydrogens is 440 g/mol. The summed E-state index contributed by atoms with van der Waals surface area (Å²) in [5, 5.41) is 3.27. The molecule has 0 spiro atoms. The van der Waals surface area contributed by atoms with Gasteiger partial charge in [-0.15, -0.1) is 11.3 Å². The number of nitrogens with zero attached hydrogens (tertiary/aromatic N) is 1. The average Bonchev–Trinajstić information content (AvgIpc) is 2.68. The summed E-state index contributed by atoms with van der Waals surface area (Å²) in [7, 11) is -3.58. The van der Waals surface area contributed by atoms with Crippen molar-refractivity contribution in [1.29, 1.82) is 0 Å². The third-order valence-corrected chi connectivity index (χ3v) is 7.79. The van der Waals surface area contributed by atoms with Gasteiger partial charge in [-0.1, -0.05) is 12.1 Å². The maximum Gasteiger partial charge on any atom is 0.266 e. The number of hydrogen-bond donors (Lipinski definition) is 1. The van der Waals surface area contributed by atoms with Gasteiger partial charge in [-0.25, -0.2) is 8.42 Å². The molecule has 1 aliphatic heterocycles. The molecule has 2 heterocycles. The molecule has 3 rings (SSSR count). The van der Waals surface area contributed by atoms with Crippen LogP contribution in [0.15, 0.2) is 42.8 Å². The lowest BCUT2D eigenvalue weighted by molar-refractivity contribution is 0.590. The van der Waals surface area contributed by atoms with Gasteiger partial charge in [0.1, 0.15) is 4.90 Å². The fourth-order valence-electron chi connectivity index (χ4n) is 2.28. The Morgan fingerprint density at radius 3 is 2.71 bits per heavy atom. The molecule has 1 N–H and O–H groups in total. The second-order valence-corrected chi connectivity index (χ2v) is 10.1. The maximum absolute atomic E-state index is 13.0. The van der Waals surface area contributed by atoms with Crippen LogP contribution < -0.4 is 9.62 Å². The Morgan fingerprint density at radius 2 is 2.00 bits per heavy atom. The van der Waals surface area contributed by atoms with Gasteiger partial charge in [-0.3, -0.25) is 4.31 Å². The molecule has 0 atom stereocenters. The Hall–Kier alpha value is -0.570. The molecule has 0 saturated carbocycles. The second kappa shape index (κ2) is 5.91. The molecule has 0 bridgehead atoms. The van der Waals surface area contributed by atoms with Crippen molar-refractivity contribution in [2.45, 2.75) is 11.3 Å². The van der Waals surface area contributed by atoms with Crippen molar-refractivity contribution in [3.05, 3.63) is 37.9 Å². The van der Waals surface area contributed by atoms with E-state index in [2.05, 4.69) is 37.2 Å². The largest absolute Gasteiger partial charge is 0.383 e. The maximum atomic E-state index is 13.0. The molecule has 0 saturated heterocycles. The zero-order chi connectivity index (χ0) is 15.0. The fourth-order valence-corrected chi connectivity index (χ4v) is 7.56. The van der Waals surface area contributed by atoms with Crippen molar-refractivity contribution in [1.82, 2.24) is 0 Å². The van der Waals surface area contributed by atoms with E-state index < -0.39 is 10.0 Å². The molecule has 1 aromatic heterocycles. The number of thiophene rings is 1. The van der Waals surface area contributed by atoms with Gasteiger partial charge in [-0.05, 0) is 56.5 Å². The Balaban J connectivity index is 2.13. The SMILES string of the molecule is O=S(=O)(c1cc(Br)sc1Br)N1CCCNc2ccccc21. The molecule has 0 fully saturated rings. The highest BCUT2D eigenvalue weighted by Crippen LogP contribution is 2.39. The Labute approximate surface area is 144 Å². The molecule has 0 amide bonds. The third kappa shape index (κ3) is 2.86. The van der Waals surface area contributed by atoms with Gasteiger partial charge < -0.3 is 5.32 Å². The second-order valence-electron chi connectivity index (χ2n) is 4.56. The lowest BCUT2D eigenvalue weighted by Gasteiger charge is -2.23. The van der Waals surface area contributed by atoms with E-state index >= 15 is 0 Å². The van der Waals surface area contributed by atoms with E-state index in [0.29, 0.717) is 20.9 Å². The van der Waals surface area contributed by atoms with Gasteiger partial charge in [0.25, 0.3) is 10.0 Å². The average molecular weight is 452 g/mol. The smallest absolute Gasteiger partial charge is 0.266 e. The highest BCUT2D eigenvalue weighted by molar-refractivity contribution is 9.12. The van der Waals surface area contributed by atoms with Crippen molar-refractivity contribution in [2.24, 2.45) is 0 Å². The number of halogens is 2. The van der Waals surface area contributed by atoms with Crippen molar-refractivity contribution < 1.29 is 8.42 Å². The summed E-state index contributed by atoms with van der Waals surface area (Å²) >= 11 is 8.04. The summed E-state index contributed by atoms with van der Waals surface area (Å²) in [4.78, 5) is 0.302. The molecule has 112 valence electrons. The third-order valence-electron chi connectivity index (χ3n) is 3.22. The van der Waals surface area contributed by atoms with Crippen LogP contribution in [0.2, 0.25) is 0 Å². The number of fused-ring (bicyclic) bond motifs is 1. The highest BCUT2D eigenvalue weighted by Gasteiger charge is 2.30. The molecule has 1 aliphatic rings. The zero-order valence-corrected chi connectivity index (χ0v) is 15.6. The quantitative estimate of drug-likeness (QED) is 0.740. The van der Waals surface area contributed by atoms with E-state index in [1.807, 2.05) is 24.3 Å². The molecule has 0 unspecified atom stereocenters. The molecule has 2 aromatic rings. The van der Waals surface area contributed by atoms with E-state index in [4.69, 9.17) is 0 Å². The van der Waals surface area contributed by atoms with E-state index in [1.54, 1.807) is 6.07 Å². The summed E-state index contributed by atoms with van der Waals surface area (Å²) in [5.41, 5.74) is 1.55. The van der Waals surface area contributed by atoms with Crippen LogP contribution in [0.4, 0.5) is 11.4 Å². The van der Waals surface area contributed by atoms with Crippen molar-refractivity contribution in [3.8, 4) is 0 Å². The molecule has 8 heteroatoms. The van der Waals surface area contributed by atoms with Gasteiger partial charge in [0, 0.05) is 13.1 Å². The van der Waals surface area contributed by atoms with Crippen LogP contribution >= 0.6 is 43.2 Å². The topological polar surface area (TPSA) is 49.4 Å². The number of nitrogens with one attached hydrogen (secondary N) is 1. The summed E-state index contributed by atoms with van der Waals surface area (Å²) < 4.78 is 28.9. The number of benzene rings is 1. The summed E-state index contributed by atoms with van der Waals surface area (Å²) in [6, 6.07) is 9.14. The molecule has 0 aliphatic carbocycles. The van der Waals surface area contributed by atoms with Crippen molar-refractivity contribution >= 4 is 64.6 Å². The summed E-state index contributed by atoms with van der Waals surface area (Å²) in [5.74, 6) is 0. The summed E-state index contributed by atoms with van der Waals surface area (Å²) in [6.07, 6.45) is 0.761. The van der Waals surface area contributed by atoms with Crippen LogP contribution in [0.25, 0.3) is 0 Å². The fraction of sp³-hybridized carbons (Fsp3) is 0.231. The van der Waals surface area contributed by atoms with Crippen LogP contribution in [-0.4, -0.2) is 21.5 Å². The molecule has 4 nitrogen and oxygen atoms in total. The van der Waals surface area contributed by atoms with Gasteiger partial charge in [0.2, 0.25) is 0 Å². The molecule has 0 radical (unpaired) electrons. The first-order valence-electron chi connectivity index (χ1n) is 6.30. The normalized spacial score (nSPS) is 15.2. The van der Waals surface area contributed by atoms with E-state index in [9.17, 15) is 8.42 Å². The first-order valence-corrected chi connectivity index (χ1v) is 10.1. The first kappa shape index (κ1) is 15.3. The minimum absolute atomic E-state index is 0.302. The number of sulfonamides is 1. The standard InChI is InChI=1S/C13H12Br2N2O2S2/c14-12-8-11(13(15)20-12)21(18,19)17-7-3-6-16-9-4-1-2-5-10(9)17/h1-2,4-5,8,16H,3,6-7H2. The Morgan fingerprint density at radius 1 is 1.24 bits per heavy atom. The number of para-hydroxylation sites is 2. The van der Waals surface area contributed by atoms with Gasteiger partial charge in [0.05, 0.1) is 18.9 Å². The minimum atomic E-state index is -3.58. The van der Waals surface area contributed by atoms with Crippen LogP contribution in [0.5, 0.6) is 0 Å². The van der Waals surface area contributed by atoms with Gasteiger partial charge in [0.15, 0.2) is 0 Å². The summed E-state index contributed by atoms with van der Waals surface area (Å²) in [6.45, 7) is 1.23. The van der Waals surface area contributed by atoms with Crippen LogP contribution in [0, 0.1) is 0 Å². The van der Waals surface area contributed by atoms with Crippen LogP contribution in [0.1, 0.15) is 6.42 Å². The van der Waals surface area contributed by atoms with E-state index in [1.165, 1.54) is 15.6 Å². The number of hydrogen-bond acceptors (Lipinski definition) is 4. The monoisotopic (exact) mass is 450 g/mol. The molecule has 1 aromatic carbocycles. The van der Waals surface area contributed by atoms with Crippen molar-refractivity contribution in [2.75, 3.05) is 22.7 Å². The van der Waals surface area contributed by atoms with E-state index in [0.717, 1.165) is 22.4 Å². The number of anilines is 2. The predicted molar refractivity (Wildman–Crippen MR) is 93.8 cm³/mol. The van der Waals surface area contributed by atoms with Crippen LogP contribution in [-0.2, 0) is 10.0 Å². The zero-order valence-electron chi connectivity index (χ0n) is 10.8. The lowest BCUT2D eigenvalue weighted by atomic mass is 10.2. The number of rotatable bonds is 2. The molecular formula is C13H12Br2N2O2S2. The molecule has 21 heavy (non-hydrogen) atoms.